The molecule has 0 aliphatic heterocycles. The minimum Gasteiger partial charge on any atom is -0.287 e. The van der Waals surface area contributed by atoms with Crippen LogP contribution in [0.15, 0.2) is 82.7 Å². The fourth-order valence-corrected chi connectivity index (χ4v) is 5.21. The molecule has 0 radical (unpaired) electrons. The summed E-state index contributed by atoms with van der Waals surface area (Å²) in [5.41, 5.74) is 5.14. The lowest BCUT2D eigenvalue weighted by Crippen LogP contribution is -2.24. The van der Waals surface area contributed by atoms with E-state index in [1.54, 1.807) is 9.25 Å². The lowest BCUT2D eigenvalue weighted by atomic mass is 10.1. The van der Waals surface area contributed by atoms with Gasteiger partial charge in [-0.1, -0.05) is 72.4 Å². The van der Waals surface area contributed by atoms with Gasteiger partial charge in [-0.15, -0.1) is 5.10 Å². The molecule has 0 fully saturated rings. The van der Waals surface area contributed by atoms with Gasteiger partial charge in [-0.05, 0) is 65.9 Å². The smallest absolute Gasteiger partial charge is 0.262 e. The molecular weight excluding hydrogens is 456 g/mol. The van der Waals surface area contributed by atoms with Crippen molar-refractivity contribution in [3.05, 3.63) is 106 Å². The molecule has 176 valence electrons. The molecule has 8 heteroatoms. The topological polar surface area (TPSA) is 78.5 Å². The molecule has 0 N–H and O–H groups in total. The van der Waals surface area contributed by atoms with Gasteiger partial charge in [-0.25, -0.2) is 4.98 Å². The molecule has 0 amide bonds. The Bertz CT molecular complexity index is 1510. The maximum absolute atomic E-state index is 13.4. The largest absolute Gasteiger partial charge is 0.287 e. The molecule has 0 saturated heterocycles. The highest BCUT2D eigenvalue weighted by Gasteiger charge is 2.16. The highest BCUT2D eigenvalue weighted by Crippen LogP contribution is 2.25. The molecule has 2 aromatic heterocycles. The number of nitrogens with zero attached hydrogens (tertiary/aromatic N) is 6. The molecule has 5 aromatic rings. The average molecular weight is 483 g/mol. The average Bonchev–Trinajstić information content (AvgIpc) is 3.33. The summed E-state index contributed by atoms with van der Waals surface area (Å²) >= 11 is 1.49. The highest BCUT2D eigenvalue weighted by atomic mass is 32.2. The van der Waals surface area contributed by atoms with Crippen molar-refractivity contribution in [3.63, 3.8) is 0 Å². The van der Waals surface area contributed by atoms with Gasteiger partial charge in [0.25, 0.3) is 5.56 Å². The fraction of sp³-hybridized carbons (Fsp3) is 0.222. The predicted molar refractivity (Wildman–Crippen MR) is 139 cm³/mol. The molecular formula is C27H26N6OS. The Balaban J connectivity index is 1.44. The van der Waals surface area contributed by atoms with E-state index in [1.807, 2.05) is 48.5 Å². The Morgan fingerprint density at radius 3 is 2.43 bits per heavy atom. The number of fused-ring (bicyclic) bond motifs is 1. The van der Waals surface area contributed by atoms with Crippen LogP contribution in [0.5, 0.6) is 0 Å². The Kier molecular flexibility index (Phi) is 6.72. The summed E-state index contributed by atoms with van der Waals surface area (Å²) in [7, 11) is 0. The summed E-state index contributed by atoms with van der Waals surface area (Å²) in [6, 6.07) is 24.0. The van der Waals surface area contributed by atoms with Crippen LogP contribution in [-0.2, 0) is 18.7 Å². The molecule has 0 aliphatic carbocycles. The SMILES string of the molecule is Cc1cccc(C)c1-n1nnnc1CSc1nc2ccccc2c(=O)n1CCCc1ccccc1. The van der Waals surface area contributed by atoms with Gasteiger partial charge < -0.3 is 0 Å². The molecule has 2 heterocycles. The van der Waals surface area contributed by atoms with Crippen LogP contribution >= 0.6 is 11.8 Å². The van der Waals surface area contributed by atoms with Crippen molar-refractivity contribution >= 4 is 22.7 Å². The van der Waals surface area contributed by atoms with Crippen LogP contribution in [0.1, 0.15) is 28.9 Å². The van der Waals surface area contributed by atoms with Gasteiger partial charge in [0.15, 0.2) is 11.0 Å². The number of hydrogen-bond donors (Lipinski definition) is 0. The first kappa shape index (κ1) is 23.0. The van der Waals surface area contributed by atoms with Crippen LogP contribution in [0.3, 0.4) is 0 Å². The minimum atomic E-state index is -0.0134. The van der Waals surface area contributed by atoms with Gasteiger partial charge in [0.2, 0.25) is 0 Å². The van der Waals surface area contributed by atoms with Crippen LogP contribution in [0.2, 0.25) is 0 Å². The Morgan fingerprint density at radius 2 is 1.63 bits per heavy atom. The Labute approximate surface area is 207 Å². The van der Waals surface area contributed by atoms with E-state index in [9.17, 15) is 4.79 Å². The molecule has 0 aliphatic rings. The molecule has 0 saturated carbocycles. The fourth-order valence-electron chi connectivity index (χ4n) is 4.28. The monoisotopic (exact) mass is 482 g/mol. The number of hydrogen-bond acceptors (Lipinski definition) is 6. The van der Waals surface area contributed by atoms with E-state index in [2.05, 4.69) is 53.6 Å². The van der Waals surface area contributed by atoms with E-state index >= 15 is 0 Å². The van der Waals surface area contributed by atoms with Gasteiger partial charge in [-0.2, -0.15) is 4.68 Å². The van der Waals surface area contributed by atoms with E-state index in [0.29, 0.717) is 34.2 Å². The van der Waals surface area contributed by atoms with Gasteiger partial charge in [0, 0.05) is 6.54 Å². The van der Waals surface area contributed by atoms with Crippen molar-refractivity contribution in [2.45, 2.75) is 44.1 Å². The second kappa shape index (κ2) is 10.2. The zero-order valence-corrected chi connectivity index (χ0v) is 20.6. The second-order valence-electron chi connectivity index (χ2n) is 8.49. The van der Waals surface area contributed by atoms with Crippen molar-refractivity contribution in [2.75, 3.05) is 0 Å². The molecule has 0 spiro atoms. The van der Waals surface area contributed by atoms with Crippen molar-refractivity contribution < 1.29 is 0 Å². The number of thioether (sulfide) groups is 1. The summed E-state index contributed by atoms with van der Waals surface area (Å²) in [4.78, 5) is 18.2. The quantitative estimate of drug-likeness (QED) is 0.231. The third kappa shape index (κ3) is 4.88. The molecule has 0 atom stereocenters. The van der Waals surface area contributed by atoms with E-state index < -0.39 is 0 Å². The summed E-state index contributed by atoms with van der Waals surface area (Å²) in [5, 5.41) is 13.8. The molecule has 5 rings (SSSR count). The Morgan fingerprint density at radius 1 is 0.886 bits per heavy atom. The predicted octanol–water partition coefficient (Wildman–Crippen LogP) is 4.91. The first-order valence-corrected chi connectivity index (χ1v) is 12.6. The van der Waals surface area contributed by atoms with Crippen LogP contribution < -0.4 is 5.56 Å². The summed E-state index contributed by atoms with van der Waals surface area (Å²) in [5.74, 6) is 1.20. The number of benzene rings is 3. The Hall–Kier alpha value is -3.78. The number of tetrazole rings is 1. The normalized spacial score (nSPS) is 11.3. The minimum absolute atomic E-state index is 0.0134. The zero-order chi connectivity index (χ0) is 24.2. The van der Waals surface area contributed by atoms with E-state index in [0.717, 1.165) is 29.7 Å². The first-order chi connectivity index (χ1) is 17.1. The first-order valence-electron chi connectivity index (χ1n) is 11.6. The van der Waals surface area contributed by atoms with Gasteiger partial charge in [0.05, 0.1) is 22.3 Å². The van der Waals surface area contributed by atoms with Crippen LogP contribution in [-0.4, -0.2) is 29.8 Å². The zero-order valence-electron chi connectivity index (χ0n) is 19.8. The third-order valence-corrected chi connectivity index (χ3v) is 7.00. The van der Waals surface area contributed by atoms with Crippen LogP contribution in [0.25, 0.3) is 16.6 Å². The van der Waals surface area contributed by atoms with E-state index in [4.69, 9.17) is 4.98 Å². The van der Waals surface area contributed by atoms with E-state index in [-0.39, 0.29) is 5.56 Å². The van der Waals surface area contributed by atoms with Gasteiger partial charge in [0.1, 0.15) is 0 Å². The van der Waals surface area contributed by atoms with E-state index in [1.165, 1.54) is 17.3 Å². The van der Waals surface area contributed by atoms with Crippen molar-refractivity contribution in [1.82, 2.24) is 29.8 Å². The maximum atomic E-state index is 13.4. The number of aromatic nitrogens is 6. The van der Waals surface area contributed by atoms with Crippen molar-refractivity contribution in [3.8, 4) is 5.69 Å². The number of para-hydroxylation sites is 2. The van der Waals surface area contributed by atoms with Crippen molar-refractivity contribution in [2.24, 2.45) is 0 Å². The lowest BCUT2D eigenvalue weighted by Gasteiger charge is -2.14. The number of rotatable bonds is 8. The lowest BCUT2D eigenvalue weighted by molar-refractivity contribution is 0.563. The molecule has 3 aromatic carbocycles. The molecule has 0 bridgehead atoms. The molecule has 35 heavy (non-hydrogen) atoms. The summed E-state index contributed by atoms with van der Waals surface area (Å²) < 4.78 is 3.58. The highest BCUT2D eigenvalue weighted by molar-refractivity contribution is 7.98. The molecule has 0 unspecified atom stereocenters. The van der Waals surface area contributed by atoms with Crippen LogP contribution in [0, 0.1) is 13.8 Å². The number of aryl methyl sites for hydroxylation is 3. The van der Waals surface area contributed by atoms with Gasteiger partial charge >= 0.3 is 0 Å². The van der Waals surface area contributed by atoms with Crippen molar-refractivity contribution in [1.29, 1.82) is 0 Å². The maximum Gasteiger partial charge on any atom is 0.262 e. The third-order valence-electron chi connectivity index (χ3n) is 6.03. The summed E-state index contributed by atoms with van der Waals surface area (Å²) in [6.07, 6.45) is 1.74. The molecule has 7 nitrogen and oxygen atoms in total. The summed E-state index contributed by atoms with van der Waals surface area (Å²) in [6.45, 7) is 4.70. The van der Waals surface area contributed by atoms with Crippen LogP contribution in [0.4, 0.5) is 0 Å². The van der Waals surface area contributed by atoms with Gasteiger partial charge in [-0.3, -0.25) is 9.36 Å². The second-order valence-corrected chi connectivity index (χ2v) is 9.44. The standard InChI is InChI=1S/C27H26N6OS/c1-19-10-8-11-20(2)25(19)33-24(29-30-31-33)18-35-27-28-23-16-7-6-15-22(23)26(34)32(27)17-9-14-21-12-4-3-5-13-21/h3-8,10-13,15-16H,9,14,17-18H2,1-2H3.